The van der Waals surface area contributed by atoms with Gasteiger partial charge in [-0.05, 0) is 42.8 Å². The third-order valence-corrected chi connectivity index (χ3v) is 4.42. The van der Waals surface area contributed by atoms with Crippen LogP contribution in [-0.2, 0) is 6.18 Å². The minimum atomic E-state index is -4.76. The number of carbonyl (C=O) groups is 1. The number of nitrogens with one attached hydrogen (secondary N) is 1. The first-order valence-corrected chi connectivity index (χ1v) is 8.56. The van der Waals surface area contributed by atoms with Crippen molar-refractivity contribution in [2.45, 2.75) is 13.1 Å². The highest BCUT2D eigenvalue weighted by Gasteiger charge is 2.36. The van der Waals surface area contributed by atoms with Crippen molar-refractivity contribution in [2.24, 2.45) is 0 Å². The standard InChI is InChI=1S/C18H11ClF3N5O2/c1-9-4-5-10(7-11(9)19)23-16(28)15-25-17-24-12(13-3-2-6-29-13)8-14(18(20,21)22)27(17)26-15/h2-8H,1H3,(H,23,28). The Kier molecular flexibility index (Phi) is 4.50. The molecule has 3 aromatic heterocycles. The van der Waals surface area contributed by atoms with Crippen LogP contribution in [0.3, 0.4) is 0 Å². The van der Waals surface area contributed by atoms with Crippen molar-refractivity contribution in [3.8, 4) is 11.5 Å². The van der Waals surface area contributed by atoms with E-state index >= 15 is 0 Å². The summed E-state index contributed by atoms with van der Waals surface area (Å²) < 4.78 is 46.1. The zero-order valence-electron chi connectivity index (χ0n) is 14.7. The lowest BCUT2D eigenvalue weighted by atomic mass is 10.2. The van der Waals surface area contributed by atoms with Gasteiger partial charge in [0.25, 0.3) is 11.7 Å². The Balaban J connectivity index is 1.76. The molecule has 3 heterocycles. The molecule has 0 unspecified atom stereocenters. The number of aryl methyl sites for hydroxylation is 1. The summed E-state index contributed by atoms with van der Waals surface area (Å²) in [5.41, 5.74) is -0.0666. The van der Waals surface area contributed by atoms with Gasteiger partial charge in [0, 0.05) is 10.7 Å². The Bertz CT molecular complexity index is 1220. The van der Waals surface area contributed by atoms with E-state index in [2.05, 4.69) is 20.4 Å². The summed E-state index contributed by atoms with van der Waals surface area (Å²) in [6.45, 7) is 1.79. The van der Waals surface area contributed by atoms with Crippen molar-refractivity contribution >= 4 is 29.0 Å². The van der Waals surface area contributed by atoms with Crippen molar-refractivity contribution in [3.63, 3.8) is 0 Å². The predicted octanol–water partition coefficient (Wildman–Crippen LogP) is 4.62. The quantitative estimate of drug-likeness (QED) is 0.522. The van der Waals surface area contributed by atoms with Crippen LogP contribution in [0.2, 0.25) is 5.02 Å². The van der Waals surface area contributed by atoms with E-state index in [1.165, 1.54) is 24.5 Å². The first-order chi connectivity index (χ1) is 13.7. The largest absolute Gasteiger partial charge is 0.463 e. The van der Waals surface area contributed by atoms with Crippen LogP contribution < -0.4 is 5.32 Å². The van der Waals surface area contributed by atoms with E-state index in [4.69, 9.17) is 16.0 Å². The molecule has 1 aromatic carbocycles. The number of aromatic nitrogens is 4. The highest BCUT2D eigenvalue weighted by Crippen LogP contribution is 2.32. The smallest absolute Gasteiger partial charge is 0.433 e. The van der Waals surface area contributed by atoms with E-state index in [0.29, 0.717) is 15.2 Å². The van der Waals surface area contributed by atoms with Crippen LogP contribution in [0.15, 0.2) is 47.1 Å². The summed E-state index contributed by atoms with van der Waals surface area (Å²) in [6.07, 6.45) is -3.45. The van der Waals surface area contributed by atoms with Crippen molar-refractivity contribution in [1.82, 2.24) is 19.6 Å². The van der Waals surface area contributed by atoms with E-state index in [1.54, 1.807) is 19.1 Å². The number of hydrogen-bond donors (Lipinski definition) is 1. The number of furan rings is 1. The SMILES string of the molecule is Cc1ccc(NC(=O)c2nc3nc(-c4ccco4)cc(C(F)(F)F)n3n2)cc1Cl. The van der Waals surface area contributed by atoms with Crippen LogP contribution in [0.5, 0.6) is 0 Å². The minimum Gasteiger partial charge on any atom is -0.463 e. The van der Waals surface area contributed by atoms with Gasteiger partial charge >= 0.3 is 6.18 Å². The fraction of sp³-hybridized carbons (Fsp3) is 0.111. The number of halogens is 4. The molecule has 0 spiro atoms. The second kappa shape index (κ2) is 6.89. The van der Waals surface area contributed by atoms with Crippen molar-refractivity contribution in [2.75, 3.05) is 5.32 Å². The first-order valence-electron chi connectivity index (χ1n) is 8.19. The summed E-state index contributed by atoms with van der Waals surface area (Å²) in [4.78, 5) is 20.3. The van der Waals surface area contributed by atoms with Crippen LogP contribution in [0.1, 0.15) is 21.9 Å². The number of rotatable bonds is 3. The average Bonchev–Trinajstić information content (AvgIpc) is 3.32. The van der Waals surface area contributed by atoms with Gasteiger partial charge in [-0.2, -0.15) is 22.7 Å². The number of alkyl halides is 3. The molecule has 0 aliphatic carbocycles. The maximum atomic E-state index is 13.5. The van der Waals surface area contributed by atoms with Crippen LogP contribution in [0.4, 0.5) is 18.9 Å². The van der Waals surface area contributed by atoms with Gasteiger partial charge in [-0.1, -0.05) is 17.7 Å². The van der Waals surface area contributed by atoms with E-state index in [9.17, 15) is 18.0 Å². The highest BCUT2D eigenvalue weighted by molar-refractivity contribution is 6.31. The molecule has 0 aliphatic rings. The molecule has 1 amide bonds. The molecule has 0 saturated heterocycles. The number of anilines is 1. The van der Waals surface area contributed by atoms with Gasteiger partial charge in [-0.25, -0.2) is 4.98 Å². The third-order valence-electron chi connectivity index (χ3n) is 4.01. The molecule has 0 bridgehead atoms. The monoisotopic (exact) mass is 421 g/mol. The van der Waals surface area contributed by atoms with Gasteiger partial charge in [-0.3, -0.25) is 4.79 Å². The number of nitrogens with zero attached hydrogens (tertiary/aromatic N) is 4. The molecule has 0 atom stereocenters. The van der Waals surface area contributed by atoms with Gasteiger partial charge in [-0.15, -0.1) is 5.10 Å². The van der Waals surface area contributed by atoms with Gasteiger partial charge in [0.2, 0.25) is 5.82 Å². The molecule has 0 fully saturated rings. The summed E-state index contributed by atoms with van der Waals surface area (Å²) in [5.74, 6) is -1.54. The zero-order chi connectivity index (χ0) is 20.8. The summed E-state index contributed by atoms with van der Waals surface area (Å²) in [7, 11) is 0. The van der Waals surface area contributed by atoms with Crippen molar-refractivity contribution < 1.29 is 22.4 Å². The van der Waals surface area contributed by atoms with Gasteiger partial charge in [0.05, 0.1) is 6.26 Å². The molecule has 1 N–H and O–H groups in total. The molecule has 11 heteroatoms. The second-order valence-electron chi connectivity index (χ2n) is 6.07. The maximum Gasteiger partial charge on any atom is 0.433 e. The highest BCUT2D eigenvalue weighted by atomic mass is 35.5. The molecule has 0 radical (unpaired) electrons. The van der Waals surface area contributed by atoms with Gasteiger partial charge in [0.15, 0.2) is 11.5 Å². The molecular weight excluding hydrogens is 411 g/mol. The predicted molar refractivity (Wildman–Crippen MR) is 97.6 cm³/mol. The van der Waals surface area contributed by atoms with Crippen molar-refractivity contribution in [3.05, 3.63) is 64.8 Å². The van der Waals surface area contributed by atoms with Crippen LogP contribution in [-0.4, -0.2) is 25.5 Å². The maximum absolute atomic E-state index is 13.5. The van der Waals surface area contributed by atoms with E-state index in [1.807, 2.05) is 0 Å². The topological polar surface area (TPSA) is 85.3 Å². The summed E-state index contributed by atoms with van der Waals surface area (Å²) in [5, 5.41) is 6.61. The van der Waals surface area contributed by atoms with Crippen molar-refractivity contribution in [1.29, 1.82) is 0 Å². The molecule has 4 aromatic rings. The van der Waals surface area contributed by atoms with Gasteiger partial charge < -0.3 is 9.73 Å². The Labute approximate surface area is 166 Å². The average molecular weight is 422 g/mol. The number of fused-ring (bicyclic) bond motifs is 1. The Morgan fingerprint density at radius 2 is 2.00 bits per heavy atom. The van der Waals surface area contributed by atoms with Crippen LogP contribution in [0, 0.1) is 6.92 Å². The number of benzene rings is 1. The normalized spacial score (nSPS) is 11.8. The lowest BCUT2D eigenvalue weighted by Gasteiger charge is -2.09. The van der Waals surface area contributed by atoms with Gasteiger partial charge in [0.1, 0.15) is 5.69 Å². The van der Waals surface area contributed by atoms with E-state index in [0.717, 1.165) is 11.6 Å². The van der Waals surface area contributed by atoms with Crippen LogP contribution >= 0.6 is 11.6 Å². The van der Waals surface area contributed by atoms with Crippen LogP contribution in [0.25, 0.3) is 17.2 Å². The molecular formula is C18H11ClF3N5O2. The Hall–Kier alpha value is -3.40. The Morgan fingerprint density at radius 3 is 2.66 bits per heavy atom. The lowest BCUT2D eigenvalue weighted by Crippen LogP contribution is -2.16. The van der Waals surface area contributed by atoms with E-state index < -0.39 is 29.4 Å². The summed E-state index contributed by atoms with van der Waals surface area (Å²) >= 11 is 6.01. The first kappa shape index (κ1) is 18.9. The molecule has 0 aliphatic heterocycles. The van der Waals surface area contributed by atoms with E-state index in [-0.39, 0.29) is 11.5 Å². The minimum absolute atomic E-state index is 0.0838. The molecule has 4 rings (SSSR count). The molecule has 0 saturated carbocycles. The zero-order valence-corrected chi connectivity index (χ0v) is 15.4. The molecule has 148 valence electrons. The number of hydrogen-bond acceptors (Lipinski definition) is 5. The third kappa shape index (κ3) is 3.66. The fourth-order valence-corrected chi connectivity index (χ4v) is 2.76. The Morgan fingerprint density at radius 1 is 1.21 bits per heavy atom. The molecule has 7 nitrogen and oxygen atoms in total. The lowest BCUT2D eigenvalue weighted by molar-refractivity contribution is -0.142. The number of amides is 1. The molecule has 29 heavy (non-hydrogen) atoms. The summed E-state index contributed by atoms with van der Waals surface area (Å²) in [6, 6.07) is 8.56. The second-order valence-corrected chi connectivity index (χ2v) is 6.47. The fourth-order valence-electron chi connectivity index (χ4n) is 2.57. The number of carbonyl (C=O) groups excluding carboxylic acids is 1.